The highest BCUT2D eigenvalue weighted by Crippen LogP contribution is 2.15. The van der Waals surface area contributed by atoms with Gasteiger partial charge in [-0.25, -0.2) is 0 Å². The largest absolute Gasteiger partial charge is 0.279 e. The predicted octanol–water partition coefficient (Wildman–Crippen LogP) is 4.93. The summed E-state index contributed by atoms with van der Waals surface area (Å²) < 4.78 is 0. The van der Waals surface area contributed by atoms with Crippen LogP contribution in [-0.4, -0.2) is 12.5 Å². The van der Waals surface area contributed by atoms with Crippen molar-refractivity contribution >= 4 is 47.7 Å². The second-order valence-corrected chi connectivity index (χ2v) is 4.97. The quantitative estimate of drug-likeness (QED) is 0.492. The van der Waals surface area contributed by atoms with Gasteiger partial charge in [0, 0.05) is 9.92 Å². The van der Waals surface area contributed by atoms with E-state index in [1.54, 1.807) is 18.0 Å². The van der Waals surface area contributed by atoms with Crippen molar-refractivity contribution in [1.82, 2.24) is 0 Å². The number of hydrazone groups is 1. The Morgan fingerprint density at radius 2 is 1.68 bits per heavy atom. The highest BCUT2D eigenvalue weighted by Gasteiger charge is 1.91. The van der Waals surface area contributed by atoms with Crippen LogP contribution in [-0.2, 0) is 0 Å². The molecule has 5 heteroatoms. The van der Waals surface area contributed by atoms with Crippen LogP contribution in [0.25, 0.3) is 0 Å². The summed E-state index contributed by atoms with van der Waals surface area (Å²) in [6.07, 6.45) is 3.85. The molecule has 0 saturated heterocycles. The Morgan fingerprint density at radius 1 is 1.05 bits per heavy atom. The molecule has 0 amide bonds. The molecule has 0 aliphatic heterocycles. The van der Waals surface area contributed by atoms with E-state index in [1.165, 1.54) is 4.90 Å². The minimum absolute atomic E-state index is 0. The third-order valence-electron chi connectivity index (χ3n) is 2.37. The number of hydrogen-bond acceptors (Lipinski definition) is 3. The number of nitrogens with one attached hydrogen (secondary N) is 1. The molecule has 0 aliphatic carbocycles. The Morgan fingerprint density at radius 3 is 2.26 bits per heavy atom. The minimum atomic E-state index is 0. The smallest absolute Gasteiger partial charge is 0.0562 e. The highest BCUT2D eigenvalue weighted by atomic mass is 35.5. The first-order chi connectivity index (χ1) is 8.78. The summed E-state index contributed by atoms with van der Waals surface area (Å²) in [4.78, 5) is 1.25. The molecule has 2 rings (SSSR count). The van der Waals surface area contributed by atoms with Crippen LogP contribution < -0.4 is 5.43 Å². The third-order valence-corrected chi connectivity index (χ3v) is 3.36. The number of thioether (sulfide) groups is 1. The Hall–Kier alpha value is -1.16. The predicted molar refractivity (Wildman–Crippen MR) is 88.1 cm³/mol. The Labute approximate surface area is 128 Å². The van der Waals surface area contributed by atoms with Gasteiger partial charge < -0.3 is 0 Å². The monoisotopic (exact) mass is 312 g/mol. The first kappa shape index (κ1) is 15.9. The van der Waals surface area contributed by atoms with Gasteiger partial charge in [-0.1, -0.05) is 23.7 Å². The molecular formula is C14H14Cl2N2S. The molecule has 2 aromatic carbocycles. The molecule has 0 saturated carbocycles. The highest BCUT2D eigenvalue weighted by molar-refractivity contribution is 7.98. The van der Waals surface area contributed by atoms with Crippen molar-refractivity contribution in [2.45, 2.75) is 4.90 Å². The summed E-state index contributed by atoms with van der Waals surface area (Å²) in [7, 11) is 0. The maximum absolute atomic E-state index is 5.80. The summed E-state index contributed by atoms with van der Waals surface area (Å²) in [6.45, 7) is 0. The van der Waals surface area contributed by atoms with E-state index in [-0.39, 0.29) is 12.4 Å². The molecule has 0 fully saturated rings. The van der Waals surface area contributed by atoms with Gasteiger partial charge >= 0.3 is 0 Å². The summed E-state index contributed by atoms with van der Waals surface area (Å²) in [5.74, 6) is 0. The zero-order valence-corrected chi connectivity index (χ0v) is 12.7. The van der Waals surface area contributed by atoms with E-state index in [4.69, 9.17) is 11.6 Å². The lowest BCUT2D eigenvalue weighted by Crippen LogP contribution is -1.90. The van der Waals surface area contributed by atoms with E-state index in [0.717, 1.165) is 16.3 Å². The topological polar surface area (TPSA) is 24.4 Å². The fourth-order valence-corrected chi connectivity index (χ4v) is 1.93. The lowest BCUT2D eigenvalue weighted by molar-refractivity contribution is 1.35. The number of nitrogens with zero attached hydrogens (tertiary/aromatic N) is 1. The van der Waals surface area contributed by atoms with Crippen molar-refractivity contribution in [3.8, 4) is 0 Å². The van der Waals surface area contributed by atoms with Crippen molar-refractivity contribution in [1.29, 1.82) is 0 Å². The molecule has 0 bridgehead atoms. The maximum atomic E-state index is 5.80. The van der Waals surface area contributed by atoms with Crippen LogP contribution in [0.1, 0.15) is 5.56 Å². The van der Waals surface area contributed by atoms with E-state index in [1.807, 2.05) is 36.4 Å². The fourth-order valence-electron chi connectivity index (χ4n) is 1.40. The first-order valence-electron chi connectivity index (χ1n) is 5.46. The van der Waals surface area contributed by atoms with Gasteiger partial charge in [-0.15, -0.1) is 24.2 Å². The van der Waals surface area contributed by atoms with Gasteiger partial charge in [0.25, 0.3) is 0 Å². The van der Waals surface area contributed by atoms with Gasteiger partial charge in [-0.2, -0.15) is 5.10 Å². The number of halogens is 2. The van der Waals surface area contributed by atoms with E-state index in [2.05, 4.69) is 28.9 Å². The molecule has 0 unspecified atom stereocenters. The second-order valence-electron chi connectivity index (χ2n) is 3.65. The van der Waals surface area contributed by atoms with Crippen LogP contribution in [0, 0.1) is 0 Å². The Kier molecular flexibility index (Phi) is 6.78. The van der Waals surface area contributed by atoms with Crippen LogP contribution in [0.4, 0.5) is 5.69 Å². The van der Waals surface area contributed by atoms with E-state index >= 15 is 0 Å². The zero-order valence-electron chi connectivity index (χ0n) is 10.3. The molecule has 100 valence electrons. The molecule has 0 aliphatic rings. The normalized spacial score (nSPS) is 10.2. The van der Waals surface area contributed by atoms with Gasteiger partial charge in [-0.05, 0) is 48.2 Å². The summed E-state index contributed by atoms with van der Waals surface area (Å²) in [5.41, 5.74) is 4.93. The first-order valence-corrected chi connectivity index (χ1v) is 7.07. The maximum Gasteiger partial charge on any atom is 0.0562 e. The molecule has 2 nitrogen and oxygen atoms in total. The number of rotatable bonds is 4. The fraction of sp³-hybridized carbons (Fsp3) is 0.0714. The lowest BCUT2D eigenvalue weighted by atomic mass is 10.2. The van der Waals surface area contributed by atoms with Crippen LogP contribution in [0.3, 0.4) is 0 Å². The summed E-state index contributed by atoms with van der Waals surface area (Å²) >= 11 is 7.53. The lowest BCUT2D eigenvalue weighted by Gasteiger charge is -2.00. The molecule has 1 N–H and O–H groups in total. The average Bonchev–Trinajstić information content (AvgIpc) is 2.42. The molecular weight excluding hydrogens is 299 g/mol. The van der Waals surface area contributed by atoms with Gasteiger partial charge in [0.15, 0.2) is 0 Å². The summed E-state index contributed by atoms with van der Waals surface area (Å²) in [5, 5.41) is 4.89. The molecule has 19 heavy (non-hydrogen) atoms. The minimum Gasteiger partial charge on any atom is -0.279 e. The average molecular weight is 313 g/mol. The van der Waals surface area contributed by atoms with Gasteiger partial charge in [0.05, 0.1) is 11.9 Å². The van der Waals surface area contributed by atoms with Gasteiger partial charge in [0.2, 0.25) is 0 Å². The molecule has 0 atom stereocenters. The number of benzene rings is 2. The van der Waals surface area contributed by atoms with E-state index in [0.29, 0.717) is 0 Å². The SMILES string of the molecule is CSc1ccc(/C=N/Nc2ccc(Cl)cc2)cc1.Cl. The second kappa shape index (κ2) is 8.10. The van der Waals surface area contributed by atoms with Gasteiger partial charge in [0.1, 0.15) is 0 Å². The Bertz CT molecular complexity index is 524. The van der Waals surface area contributed by atoms with Crippen LogP contribution in [0.5, 0.6) is 0 Å². The molecule has 0 aromatic heterocycles. The van der Waals surface area contributed by atoms with E-state index in [9.17, 15) is 0 Å². The molecule has 0 heterocycles. The zero-order chi connectivity index (χ0) is 12.8. The van der Waals surface area contributed by atoms with Crippen LogP contribution in [0.2, 0.25) is 5.02 Å². The van der Waals surface area contributed by atoms with Crippen molar-refractivity contribution in [3.05, 3.63) is 59.1 Å². The third kappa shape index (κ3) is 5.15. The standard InChI is InChI=1S/C14H13ClN2S.ClH/c1-18-14-8-2-11(3-9-14)10-16-17-13-6-4-12(15)5-7-13;/h2-10,17H,1H3;1H/b16-10+;. The van der Waals surface area contributed by atoms with Crippen LogP contribution >= 0.6 is 35.8 Å². The van der Waals surface area contributed by atoms with Crippen molar-refractivity contribution in [2.75, 3.05) is 11.7 Å². The van der Waals surface area contributed by atoms with Crippen molar-refractivity contribution in [3.63, 3.8) is 0 Å². The van der Waals surface area contributed by atoms with E-state index < -0.39 is 0 Å². The van der Waals surface area contributed by atoms with Crippen LogP contribution in [0.15, 0.2) is 58.5 Å². The number of anilines is 1. The summed E-state index contributed by atoms with van der Waals surface area (Å²) in [6, 6.07) is 15.7. The van der Waals surface area contributed by atoms with Crippen molar-refractivity contribution < 1.29 is 0 Å². The Balaban J connectivity index is 0.00000180. The molecule has 0 radical (unpaired) electrons. The molecule has 0 spiro atoms. The molecule has 2 aromatic rings. The number of hydrogen-bond donors (Lipinski definition) is 1. The van der Waals surface area contributed by atoms with Gasteiger partial charge in [-0.3, -0.25) is 5.43 Å². The van der Waals surface area contributed by atoms with Crippen molar-refractivity contribution in [2.24, 2.45) is 5.10 Å².